The summed E-state index contributed by atoms with van der Waals surface area (Å²) in [5.74, 6) is 0. The monoisotopic (exact) mass is 249 g/mol. The van der Waals surface area contributed by atoms with Crippen LogP contribution in [0.15, 0.2) is 18.3 Å². The van der Waals surface area contributed by atoms with Crippen LogP contribution >= 0.6 is 0 Å². The number of nitrogens with zero attached hydrogens (tertiary/aromatic N) is 2. The van der Waals surface area contributed by atoms with Gasteiger partial charge in [-0.2, -0.15) is 0 Å². The number of likely N-dealkylation sites (N-methyl/N-ethyl adjacent to an activating group) is 1. The first kappa shape index (κ1) is 13.3. The highest BCUT2D eigenvalue weighted by Crippen LogP contribution is 2.19. The molecule has 1 fully saturated rings. The molecule has 1 aliphatic heterocycles. The maximum atomic E-state index is 5.96. The molecule has 2 rings (SSSR count). The van der Waals surface area contributed by atoms with Crippen LogP contribution in [0.3, 0.4) is 0 Å². The Bertz CT molecular complexity index is 360. The molecule has 1 saturated heterocycles. The number of nitrogens with two attached hydrogens (primary N) is 1. The van der Waals surface area contributed by atoms with Crippen molar-refractivity contribution in [2.75, 3.05) is 25.1 Å². The number of anilines is 1. The fourth-order valence-corrected chi connectivity index (χ4v) is 2.25. The molecule has 4 nitrogen and oxygen atoms in total. The number of pyridine rings is 1. The summed E-state index contributed by atoms with van der Waals surface area (Å²) in [6, 6.07) is 4.16. The summed E-state index contributed by atoms with van der Waals surface area (Å²) in [4.78, 5) is 6.64. The summed E-state index contributed by atoms with van der Waals surface area (Å²) in [6.07, 6.45) is 5.53. The Hall–Kier alpha value is -1.13. The van der Waals surface area contributed by atoms with Crippen molar-refractivity contribution in [2.24, 2.45) is 5.73 Å². The molecule has 0 spiro atoms. The maximum Gasteiger partial charge on any atom is 0.0750 e. The molecule has 0 saturated carbocycles. The van der Waals surface area contributed by atoms with Crippen LogP contribution in [0.25, 0.3) is 0 Å². The number of hydrogen-bond donors (Lipinski definition) is 1. The van der Waals surface area contributed by atoms with E-state index in [9.17, 15) is 0 Å². The molecule has 2 unspecified atom stereocenters. The molecule has 0 bridgehead atoms. The molecule has 0 aliphatic carbocycles. The fourth-order valence-electron chi connectivity index (χ4n) is 2.25. The van der Waals surface area contributed by atoms with Crippen LogP contribution in [0.4, 0.5) is 5.69 Å². The molecule has 100 valence electrons. The zero-order valence-electron chi connectivity index (χ0n) is 11.3. The lowest BCUT2D eigenvalue weighted by Crippen LogP contribution is -2.28. The second-order valence-corrected chi connectivity index (χ2v) is 4.97. The SMILES string of the molecule is CCC(N)c1ccc(N(C)CC2CCCO2)cn1. The van der Waals surface area contributed by atoms with Crippen LogP contribution < -0.4 is 10.6 Å². The van der Waals surface area contributed by atoms with Gasteiger partial charge in [0.1, 0.15) is 0 Å². The summed E-state index contributed by atoms with van der Waals surface area (Å²) < 4.78 is 5.64. The molecule has 4 heteroatoms. The second-order valence-electron chi connectivity index (χ2n) is 4.97. The van der Waals surface area contributed by atoms with Gasteiger partial charge in [-0.1, -0.05) is 6.92 Å². The molecule has 18 heavy (non-hydrogen) atoms. The lowest BCUT2D eigenvalue weighted by molar-refractivity contribution is 0.116. The van der Waals surface area contributed by atoms with Gasteiger partial charge in [0.15, 0.2) is 0 Å². The van der Waals surface area contributed by atoms with Gasteiger partial charge in [0, 0.05) is 26.2 Å². The van der Waals surface area contributed by atoms with E-state index in [-0.39, 0.29) is 6.04 Å². The van der Waals surface area contributed by atoms with E-state index in [1.54, 1.807) is 0 Å². The van der Waals surface area contributed by atoms with Crippen LogP contribution in [0, 0.1) is 0 Å². The van der Waals surface area contributed by atoms with Crippen molar-refractivity contribution < 1.29 is 4.74 Å². The zero-order chi connectivity index (χ0) is 13.0. The minimum Gasteiger partial charge on any atom is -0.376 e. The molecular weight excluding hydrogens is 226 g/mol. The molecule has 1 aromatic heterocycles. The normalized spacial score (nSPS) is 20.9. The third-order valence-corrected chi connectivity index (χ3v) is 3.53. The fraction of sp³-hybridized carbons (Fsp3) is 0.643. The maximum absolute atomic E-state index is 5.96. The first-order chi connectivity index (χ1) is 8.70. The number of rotatable bonds is 5. The second kappa shape index (κ2) is 6.16. The summed E-state index contributed by atoms with van der Waals surface area (Å²) >= 11 is 0. The van der Waals surface area contributed by atoms with Crippen LogP contribution in [0.5, 0.6) is 0 Å². The van der Waals surface area contributed by atoms with Crippen LogP contribution in [-0.2, 0) is 4.74 Å². The smallest absolute Gasteiger partial charge is 0.0750 e. The number of hydrogen-bond acceptors (Lipinski definition) is 4. The minimum absolute atomic E-state index is 0.0440. The summed E-state index contributed by atoms with van der Waals surface area (Å²) in [7, 11) is 2.08. The Morgan fingerprint density at radius 3 is 2.94 bits per heavy atom. The van der Waals surface area contributed by atoms with Gasteiger partial charge in [0.25, 0.3) is 0 Å². The summed E-state index contributed by atoms with van der Waals surface area (Å²) in [6.45, 7) is 3.91. The molecule has 2 N–H and O–H groups in total. The molecular formula is C14H23N3O. The molecule has 0 aromatic carbocycles. The standard InChI is InChI=1S/C14H23N3O/c1-3-13(15)14-7-6-11(9-16-14)17(2)10-12-5-4-8-18-12/h6-7,9,12-13H,3-5,8,10,15H2,1-2H3. The van der Waals surface area contributed by atoms with Crippen molar-refractivity contribution in [1.82, 2.24) is 4.98 Å². The lowest BCUT2D eigenvalue weighted by atomic mass is 10.1. The lowest BCUT2D eigenvalue weighted by Gasteiger charge is -2.22. The minimum atomic E-state index is 0.0440. The van der Waals surface area contributed by atoms with E-state index in [0.29, 0.717) is 6.10 Å². The topological polar surface area (TPSA) is 51.4 Å². The van der Waals surface area contributed by atoms with Crippen LogP contribution in [-0.4, -0.2) is 31.3 Å². The highest BCUT2D eigenvalue weighted by molar-refractivity contribution is 5.44. The first-order valence-corrected chi connectivity index (χ1v) is 6.75. The molecule has 0 radical (unpaired) electrons. The van der Waals surface area contributed by atoms with Crippen LogP contribution in [0.1, 0.15) is 37.9 Å². The van der Waals surface area contributed by atoms with E-state index in [1.807, 2.05) is 12.3 Å². The Morgan fingerprint density at radius 1 is 1.56 bits per heavy atom. The Kier molecular flexibility index (Phi) is 4.55. The quantitative estimate of drug-likeness (QED) is 0.868. The molecule has 2 heterocycles. The van der Waals surface area contributed by atoms with Crippen LogP contribution in [0.2, 0.25) is 0 Å². The molecule has 2 atom stereocenters. The van der Waals surface area contributed by atoms with Gasteiger partial charge in [0.2, 0.25) is 0 Å². The van der Waals surface area contributed by atoms with Gasteiger partial charge in [-0.15, -0.1) is 0 Å². The first-order valence-electron chi connectivity index (χ1n) is 6.75. The average molecular weight is 249 g/mol. The van der Waals surface area contributed by atoms with Crippen molar-refractivity contribution in [1.29, 1.82) is 0 Å². The summed E-state index contributed by atoms with van der Waals surface area (Å²) in [5.41, 5.74) is 8.04. The van der Waals surface area contributed by atoms with E-state index < -0.39 is 0 Å². The third kappa shape index (κ3) is 3.21. The predicted octanol–water partition coefficient (Wildman–Crippen LogP) is 2.11. The Balaban J connectivity index is 1.95. The number of aromatic nitrogens is 1. The van der Waals surface area contributed by atoms with Crippen molar-refractivity contribution >= 4 is 5.69 Å². The molecule has 1 aliphatic rings. The van der Waals surface area contributed by atoms with Gasteiger partial charge in [-0.25, -0.2) is 0 Å². The van der Waals surface area contributed by atoms with Gasteiger partial charge in [-0.05, 0) is 31.4 Å². The van der Waals surface area contributed by atoms with Crippen molar-refractivity contribution in [3.05, 3.63) is 24.0 Å². The van der Waals surface area contributed by atoms with Crippen molar-refractivity contribution in [2.45, 2.75) is 38.3 Å². The summed E-state index contributed by atoms with van der Waals surface area (Å²) in [5, 5.41) is 0. The van der Waals surface area contributed by atoms with E-state index in [2.05, 4.69) is 29.9 Å². The van der Waals surface area contributed by atoms with Gasteiger partial charge in [-0.3, -0.25) is 4.98 Å². The van der Waals surface area contributed by atoms with E-state index >= 15 is 0 Å². The Labute approximate surface area is 109 Å². The van der Waals surface area contributed by atoms with E-state index in [4.69, 9.17) is 10.5 Å². The highest BCUT2D eigenvalue weighted by Gasteiger charge is 2.17. The third-order valence-electron chi connectivity index (χ3n) is 3.53. The number of ether oxygens (including phenoxy) is 1. The predicted molar refractivity (Wildman–Crippen MR) is 73.7 cm³/mol. The largest absolute Gasteiger partial charge is 0.376 e. The van der Waals surface area contributed by atoms with Gasteiger partial charge >= 0.3 is 0 Å². The zero-order valence-corrected chi connectivity index (χ0v) is 11.3. The average Bonchev–Trinajstić information content (AvgIpc) is 2.91. The molecule has 1 aromatic rings. The highest BCUT2D eigenvalue weighted by atomic mass is 16.5. The van der Waals surface area contributed by atoms with E-state index in [1.165, 1.54) is 6.42 Å². The van der Waals surface area contributed by atoms with Crippen molar-refractivity contribution in [3.63, 3.8) is 0 Å². The van der Waals surface area contributed by atoms with Crippen molar-refractivity contribution in [3.8, 4) is 0 Å². The molecule has 0 amide bonds. The Morgan fingerprint density at radius 2 is 2.39 bits per heavy atom. The van der Waals surface area contributed by atoms with Gasteiger partial charge < -0.3 is 15.4 Å². The van der Waals surface area contributed by atoms with Gasteiger partial charge in [0.05, 0.1) is 23.7 Å². The van der Waals surface area contributed by atoms with E-state index in [0.717, 1.165) is 37.4 Å².